The van der Waals surface area contributed by atoms with Crippen LogP contribution in [0, 0.1) is 0 Å². The summed E-state index contributed by atoms with van der Waals surface area (Å²) in [5, 5.41) is 2.15. The van der Waals surface area contributed by atoms with Gasteiger partial charge in [-0.2, -0.15) is 0 Å². The molecule has 1 aliphatic rings. The zero-order chi connectivity index (χ0) is 13.1. The monoisotopic (exact) mass is 269 g/mol. The van der Waals surface area contributed by atoms with Gasteiger partial charge < -0.3 is 4.90 Å². The summed E-state index contributed by atoms with van der Waals surface area (Å²) >= 11 is 1.82. The molecular formula is C17H19NS. The molecule has 19 heavy (non-hydrogen) atoms. The van der Waals surface area contributed by atoms with E-state index in [2.05, 4.69) is 59.8 Å². The van der Waals surface area contributed by atoms with Crippen molar-refractivity contribution >= 4 is 17.4 Å². The molecule has 98 valence electrons. The Bertz CT molecular complexity index is 559. The van der Waals surface area contributed by atoms with E-state index in [9.17, 15) is 0 Å². The van der Waals surface area contributed by atoms with Gasteiger partial charge in [-0.25, -0.2) is 0 Å². The molecule has 2 heterocycles. The number of thiophene rings is 1. The highest BCUT2D eigenvalue weighted by atomic mass is 32.1. The van der Waals surface area contributed by atoms with Gasteiger partial charge in [-0.1, -0.05) is 42.0 Å². The van der Waals surface area contributed by atoms with E-state index < -0.39 is 0 Å². The topological polar surface area (TPSA) is 3.24 Å². The number of nitrogens with zero attached hydrogens (tertiary/aromatic N) is 1. The van der Waals surface area contributed by atoms with E-state index in [1.54, 1.807) is 5.57 Å². The molecule has 0 amide bonds. The van der Waals surface area contributed by atoms with Crippen molar-refractivity contribution in [3.63, 3.8) is 0 Å². The van der Waals surface area contributed by atoms with Crippen LogP contribution < -0.4 is 0 Å². The van der Waals surface area contributed by atoms with Gasteiger partial charge in [-0.05, 0) is 42.5 Å². The van der Waals surface area contributed by atoms with E-state index >= 15 is 0 Å². The highest BCUT2D eigenvalue weighted by molar-refractivity contribution is 7.13. The predicted octanol–water partition coefficient (Wildman–Crippen LogP) is 4.52. The summed E-state index contributed by atoms with van der Waals surface area (Å²) in [6.45, 7) is 2.38. The quantitative estimate of drug-likeness (QED) is 0.774. The van der Waals surface area contributed by atoms with Crippen LogP contribution in [0.5, 0.6) is 0 Å². The SMILES string of the molecule is CN1CCC(=Cc2ccccc2-c2cccs2)CC1. The van der Waals surface area contributed by atoms with Gasteiger partial charge in [0, 0.05) is 18.0 Å². The van der Waals surface area contributed by atoms with Crippen molar-refractivity contribution < 1.29 is 0 Å². The molecule has 1 nitrogen and oxygen atoms in total. The molecule has 0 radical (unpaired) electrons. The number of likely N-dealkylation sites (tertiary alicyclic amines) is 1. The Labute approximate surface area is 119 Å². The number of piperidine rings is 1. The molecule has 2 aromatic rings. The van der Waals surface area contributed by atoms with Gasteiger partial charge in [0.1, 0.15) is 0 Å². The largest absolute Gasteiger partial charge is 0.306 e. The van der Waals surface area contributed by atoms with Crippen molar-refractivity contribution in [3.8, 4) is 10.4 Å². The minimum atomic E-state index is 1.19. The van der Waals surface area contributed by atoms with Crippen LogP contribution in [0.25, 0.3) is 16.5 Å². The minimum absolute atomic E-state index is 1.19. The normalized spacial score (nSPS) is 16.6. The maximum Gasteiger partial charge on any atom is 0.0348 e. The first-order chi connectivity index (χ1) is 9.33. The summed E-state index contributed by atoms with van der Waals surface area (Å²) in [5.74, 6) is 0. The van der Waals surface area contributed by atoms with E-state index in [0.717, 1.165) is 0 Å². The average molecular weight is 269 g/mol. The van der Waals surface area contributed by atoms with Gasteiger partial charge in [-0.15, -0.1) is 11.3 Å². The summed E-state index contributed by atoms with van der Waals surface area (Å²) in [6.07, 6.45) is 4.81. The Morgan fingerprint density at radius 3 is 2.58 bits per heavy atom. The van der Waals surface area contributed by atoms with Crippen LogP contribution in [0.4, 0.5) is 0 Å². The summed E-state index contributed by atoms with van der Waals surface area (Å²) in [7, 11) is 2.20. The zero-order valence-corrected chi connectivity index (χ0v) is 12.1. The number of benzene rings is 1. The second-order valence-corrected chi connectivity index (χ2v) is 6.12. The van der Waals surface area contributed by atoms with E-state index in [0.29, 0.717) is 0 Å². The summed E-state index contributed by atoms with van der Waals surface area (Å²) in [5.41, 5.74) is 4.32. The highest BCUT2D eigenvalue weighted by Crippen LogP contribution is 2.30. The summed E-state index contributed by atoms with van der Waals surface area (Å²) in [4.78, 5) is 3.77. The fraction of sp³-hybridized carbons (Fsp3) is 0.294. The summed E-state index contributed by atoms with van der Waals surface area (Å²) in [6, 6.07) is 13.1. The van der Waals surface area contributed by atoms with Crippen LogP contribution in [0.1, 0.15) is 18.4 Å². The van der Waals surface area contributed by atoms with Crippen LogP contribution in [-0.2, 0) is 0 Å². The van der Waals surface area contributed by atoms with Crippen LogP contribution in [0.15, 0.2) is 47.4 Å². The molecular weight excluding hydrogens is 250 g/mol. The molecule has 0 unspecified atom stereocenters. The van der Waals surface area contributed by atoms with Crippen molar-refractivity contribution in [1.82, 2.24) is 4.90 Å². The van der Waals surface area contributed by atoms with Crippen LogP contribution in [0.3, 0.4) is 0 Å². The Balaban J connectivity index is 1.91. The molecule has 3 rings (SSSR count). The first-order valence-corrected chi connectivity index (χ1v) is 7.72. The second kappa shape index (κ2) is 5.72. The lowest BCUT2D eigenvalue weighted by atomic mass is 9.98. The van der Waals surface area contributed by atoms with Gasteiger partial charge in [0.05, 0.1) is 0 Å². The highest BCUT2D eigenvalue weighted by Gasteiger charge is 2.11. The maximum atomic E-state index is 2.41. The molecule has 1 fully saturated rings. The molecule has 0 atom stereocenters. The molecule has 0 aliphatic carbocycles. The molecule has 0 N–H and O–H groups in total. The van der Waals surface area contributed by atoms with Crippen LogP contribution in [-0.4, -0.2) is 25.0 Å². The molecule has 0 saturated carbocycles. The lowest BCUT2D eigenvalue weighted by Crippen LogP contribution is -2.26. The lowest BCUT2D eigenvalue weighted by molar-refractivity contribution is 0.313. The number of rotatable bonds is 2. The Morgan fingerprint density at radius 2 is 1.84 bits per heavy atom. The Kier molecular flexibility index (Phi) is 3.81. The maximum absolute atomic E-state index is 2.41. The standard InChI is InChI=1S/C17H19NS/c1-18-10-8-14(9-11-18)13-15-5-2-3-6-16(15)17-7-4-12-19-17/h2-7,12-13H,8-11H2,1H3. The van der Waals surface area contributed by atoms with Crippen molar-refractivity contribution in [3.05, 3.63) is 52.9 Å². The van der Waals surface area contributed by atoms with Gasteiger partial charge >= 0.3 is 0 Å². The lowest BCUT2D eigenvalue weighted by Gasteiger charge is -2.24. The van der Waals surface area contributed by atoms with Crippen molar-refractivity contribution in [2.45, 2.75) is 12.8 Å². The fourth-order valence-corrected chi connectivity index (χ4v) is 3.32. The first kappa shape index (κ1) is 12.6. The third kappa shape index (κ3) is 2.96. The summed E-state index contributed by atoms with van der Waals surface area (Å²) < 4.78 is 0. The van der Waals surface area contributed by atoms with Gasteiger partial charge in [0.25, 0.3) is 0 Å². The molecule has 1 aromatic heterocycles. The molecule has 1 aromatic carbocycles. The van der Waals surface area contributed by atoms with E-state index in [1.807, 2.05) is 11.3 Å². The van der Waals surface area contributed by atoms with Gasteiger partial charge in [0.2, 0.25) is 0 Å². The van der Waals surface area contributed by atoms with E-state index in [4.69, 9.17) is 0 Å². The zero-order valence-electron chi connectivity index (χ0n) is 11.3. The fourth-order valence-electron chi connectivity index (χ4n) is 2.55. The molecule has 0 bridgehead atoms. The average Bonchev–Trinajstić information content (AvgIpc) is 2.96. The third-order valence-corrected chi connectivity index (χ3v) is 4.64. The van der Waals surface area contributed by atoms with Crippen LogP contribution >= 0.6 is 11.3 Å². The smallest absolute Gasteiger partial charge is 0.0348 e. The molecule has 1 saturated heterocycles. The predicted molar refractivity (Wildman–Crippen MR) is 84.5 cm³/mol. The van der Waals surface area contributed by atoms with Crippen LogP contribution in [0.2, 0.25) is 0 Å². The Morgan fingerprint density at radius 1 is 1.05 bits per heavy atom. The second-order valence-electron chi connectivity index (χ2n) is 5.17. The van der Waals surface area contributed by atoms with Gasteiger partial charge in [-0.3, -0.25) is 0 Å². The molecule has 1 aliphatic heterocycles. The third-order valence-electron chi connectivity index (χ3n) is 3.74. The minimum Gasteiger partial charge on any atom is -0.306 e. The number of hydrogen-bond acceptors (Lipinski definition) is 2. The Hall–Kier alpha value is -1.38. The number of hydrogen-bond donors (Lipinski definition) is 0. The van der Waals surface area contributed by atoms with Crippen molar-refractivity contribution in [2.24, 2.45) is 0 Å². The first-order valence-electron chi connectivity index (χ1n) is 6.84. The van der Waals surface area contributed by atoms with Crippen molar-refractivity contribution in [1.29, 1.82) is 0 Å². The van der Waals surface area contributed by atoms with E-state index in [-0.39, 0.29) is 0 Å². The molecule has 2 heteroatoms. The molecule has 0 spiro atoms. The van der Waals surface area contributed by atoms with Crippen molar-refractivity contribution in [2.75, 3.05) is 20.1 Å². The van der Waals surface area contributed by atoms with E-state index in [1.165, 1.54) is 41.9 Å². The van der Waals surface area contributed by atoms with Gasteiger partial charge in [0.15, 0.2) is 0 Å².